The van der Waals surface area contributed by atoms with Gasteiger partial charge in [-0.3, -0.25) is 4.79 Å². The highest BCUT2D eigenvalue weighted by molar-refractivity contribution is 5.78. The number of unbranched alkanes of at least 4 members (excludes halogenated alkanes) is 2. The molecule has 9 heteroatoms. The lowest BCUT2D eigenvalue weighted by Crippen LogP contribution is -2.35. The largest absolute Gasteiger partial charge is 0.493 e. The van der Waals surface area contributed by atoms with Crippen LogP contribution < -0.4 is 15.0 Å². The Hall–Kier alpha value is -2.81. The first kappa shape index (κ1) is 28.8. The number of hydrogen-bond acceptors (Lipinski definition) is 6. The van der Waals surface area contributed by atoms with Crippen LogP contribution in [0.2, 0.25) is 0 Å². The molecule has 1 aliphatic heterocycles. The van der Waals surface area contributed by atoms with Gasteiger partial charge >= 0.3 is 0 Å². The minimum Gasteiger partial charge on any atom is -0.493 e. The minimum absolute atomic E-state index is 0.114. The van der Waals surface area contributed by atoms with Gasteiger partial charge in [-0.15, -0.1) is 0 Å². The Labute approximate surface area is 218 Å². The third-order valence-electron chi connectivity index (χ3n) is 6.76. The topological polar surface area (TPSA) is 87.6 Å². The average Bonchev–Trinajstić information content (AvgIpc) is 2.90. The molecule has 0 bridgehead atoms. The van der Waals surface area contributed by atoms with Crippen molar-refractivity contribution in [1.29, 1.82) is 0 Å². The van der Waals surface area contributed by atoms with Gasteiger partial charge in [-0.05, 0) is 62.8 Å². The van der Waals surface area contributed by atoms with Crippen LogP contribution in [0.25, 0.3) is 0 Å². The van der Waals surface area contributed by atoms with E-state index < -0.39 is 17.5 Å². The van der Waals surface area contributed by atoms with Crippen molar-refractivity contribution in [3.05, 3.63) is 47.3 Å². The van der Waals surface area contributed by atoms with Gasteiger partial charge in [-0.25, -0.2) is 18.7 Å². The number of hydrogen-bond donors (Lipinski definition) is 2. The van der Waals surface area contributed by atoms with E-state index in [9.17, 15) is 13.6 Å². The van der Waals surface area contributed by atoms with Gasteiger partial charge in [0.15, 0.2) is 0 Å². The number of carbonyl (C=O) groups is 1. The van der Waals surface area contributed by atoms with Crippen molar-refractivity contribution in [2.45, 2.75) is 71.1 Å². The number of aliphatic hydroxyl groups is 1. The highest BCUT2D eigenvalue weighted by Crippen LogP contribution is 2.25. The molecule has 37 heavy (non-hydrogen) atoms. The van der Waals surface area contributed by atoms with Crippen molar-refractivity contribution in [1.82, 2.24) is 15.3 Å². The summed E-state index contributed by atoms with van der Waals surface area (Å²) in [4.78, 5) is 23.3. The van der Waals surface area contributed by atoms with Gasteiger partial charge in [0.25, 0.3) is 0 Å². The quantitative estimate of drug-likeness (QED) is 0.335. The van der Waals surface area contributed by atoms with Crippen LogP contribution in [-0.4, -0.2) is 53.8 Å². The van der Waals surface area contributed by atoms with Crippen LogP contribution in [-0.2, 0) is 17.6 Å². The van der Waals surface area contributed by atoms with E-state index in [-0.39, 0.29) is 24.3 Å². The van der Waals surface area contributed by atoms with E-state index in [1.54, 1.807) is 0 Å². The Morgan fingerprint density at radius 1 is 1.11 bits per heavy atom. The normalized spacial score (nSPS) is 14.1. The second kappa shape index (κ2) is 15.4. The van der Waals surface area contributed by atoms with Gasteiger partial charge in [-0.2, -0.15) is 0 Å². The van der Waals surface area contributed by atoms with Crippen LogP contribution in [0.15, 0.2) is 24.5 Å². The first-order chi connectivity index (χ1) is 18.0. The number of benzene rings is 1. The molecule has 0 spiro atoms. The van der Waals surface area contributed by atoms with Crippen molar-refractivity contribution in [2.24, 2.45) is 5.92 Å². The van der Waals surface area contributed by atoms with Crippen molar-refractivity contribution in [3.63, 3.8) is 0 Å². The molecule has 1 aromatic carbocycles. The predicted octanol–water partition coefficient (Wildman–Crippen LogP) is 4.60. The number of aryl methyl sites for hydroxylation is 1. The first-order valence-corrected chi connectivity index (χ1v) is 13.5. The van der Waals surface area contributed by atoms with Crippen LogP contribution in [0.5, 0.6) is 5.75 Å². The number of nitrogens with one attached hydrogen (secondary N) is 1. The molecule has 2 aromatic rings. The molecule has 1 aliphatic rings. The second-order valence-corrected chi connectivity index (χ2v) is 9.74. The van der Waals surface area contributed by atoms with Gasteiger partial charge in [0.2, 0.25) is 11.9 Å². The lowest BCUT2D eigenvalue weighted by Gasteiger charge is -2.32. The van der Waals surface area contributed by atoms with Crippen LogP contribution >= 0.6 is 0 Å². The Morgan fingerprint density at radius 3 is 2.46 bits per heavy atom. The van der Waals surface area contributed by atoms with Gasteiger partial charge in [-0.1, -0.05) is 13.3 Å². The monoisotopic (exact) mass is 518 g/mol. The van der Waals surface area contributed by atoms with Crippen LogP contribution in [0.3, 0.4) is 0 Å². The van der Waals surface area contributed by atoms with E-state index in [2.05, 4.69) is 27.1 Å². The Balaban J connectivity index is 1.35. The number of piperidine rings is 1. The fraction of sp³-hybridized carbons (Fsp3) is 0.607. The molecule has 7 nitrogen and oxygen atoms in total. The molecule has 2 heterocycles. The molecule has 0 atom stereocenters. The molecule has 0 aliphatic carbocycles. The number of ether oxygens (including phenoxy) is 1. The second-order valence-electron chi connectivity index (χ2n) is 9.74. The van der Waals surface area contributed by atoms with Gasteiger partial charge in [0, 0.05) is 56.3 Å². The summed E-state index contributed by atoms with van der Waals surface area (Å²) < 4.78 is 34.5. The molecule has 1 amide bonds. The lowest BCUT2D eigenvalue weighted by molar-refractivity contribution is -0.120. The van der Waals surface area contributed by atoms with E-state index in [1.807, 2.05) is 12.4 Å². The van der Waals surface area contributed by atoms with E-state index >= 15 is 0 Å². The maximum absolute atomic E-state index is 14.5. The van der Waals surface area contributed by atoms with Crippen molar-refractivity contribution in [3.8, 4) is 5.75 Å². The highest BCUT2D eigenvalue weighted by Gasteiger charge is 2.21. The molecule has 0 saturated carbocycles. The van der Waals surface area contributed by atoms with E-state index in [0.717, 1.165) is 76.1 Å². The fourth-order valence-corrected chi connectivity index (χ4v) is 4.61. The molecule has 1 fully saturated rings. The summed E-state index contributed by atoms with van der Waals surface area (Å²) in [6.07, 6.45) is 11.6. The number of halogens is 2. The summed E-state index contributed by atoms with van der Waals surface area (Å²) in [5.41, 5.74) is 0.915. The fourth-order valence-electron chi connectivity index (χ4n) is 4.61. The molecule has 3 rings (SSSR count). The smallest absolute Gasteiger partial charge is 0.225 e. The van der Waals surface area contributed by atoms with Gasteiger partial charge in [0.1, 0.15) is 17.4 Å². The highest BCUT2D eigenvalue weighted by atomic mass is 19.1. The number of nitrogens with zero attached hydrogens (tertiary/aromatic N) is 3. The molecule has 204 valence electrons. The molecular weight excluding hydrogens is 478 g/mol. The van der Waals surface area contributed by atoms with E-state index in [0.29, 0.717) is 31.9 Å². The minimum atomic E-state index is -0.775. The van der Waals surface area contributed by atoms with Gasteiger partial charge < -0.3 is 20.1 Å². The summed E-state index contributed by atoms with van der Waals surface area (Å²) in [7, 11) is 0. The standard InChI is InChI=1S/C28H40F2N4O3/c1-2-7-22-19-32-28(33-20-22)34-12-9-21(10-13-34)8-6-15-37-23-16-25(29)24(26(30)17-23)18-27(36)31-11-4-3-5-14-35/h16-17,19-21,35H,2-15,18H2,1H3,(H,31,36). The molecule has 1 aromatic heterocycles. The van der Waals surface area contributed by atoms with Crippen molar-refractivity contribution >= 4 is 11.9 Å². The zero-order valence-corrected chi connectivity index (χ0v) is 21.9. The Kier molecular flexibility index (Phi) is 12.0. The maximum Gasteiger partial charge on any atom is 0.225 e. The average molecular weight is 519 g/mol. The van der Waals surface area contributed by atoms with Crippen LogP contribution in [0.1, 0.15) is 69.4 Å². The summed E-state index contributed by atoms with van der Waals surface area (Å²) in [6, 6.07) is 2.30. The number of anilines is 1. The number of rotatable bonds is 15. The molecule has 1 saturated heterocycles. The molecule has 2 N–H and O–H groups in total. The van der Waals surface area contributed by atoms with E-state index in [4.69, 9.17) is 9.84 Å². The Bertz CT molecular complexity index is 943. The third-order valence-corrected chi connectivity index (χ3v) is 6.76. The van der Waals surface area contributed by atoms with Crippen molar-refractivity contribution in [2.75, 3.05) is 37.7 Å². The summed E-state index contributed by atoms with van der Waals surface area (Å²) in [5, 5.41) is 11.4. The SMILES string of the molecule is CCCc1cnc(N2CCC(CCCOc3cc(F)c(CC(=O)NCCCCCO)c(F)c3)CC2)nc1. The van der Waals surface area contributed by atoms with Crippen LogP contribution in [0, 0.1) is 17.6 Å². The predicted molar refractivity (Wildman–Crippen MR) is 140 cm³/mol. The molecule has 0 unspecified atom stereocenters. The zero-order chi connectivity index (χ0) is 26.5. The number of amides is 1. The molecule has 0 radical (unpaired) electrons. The number of carbonyl (C=O) groups excluding carboxylic acids is 1. The van der Waals surface area contributed by atoms with Crippen LogP contribution in [0.4, 0.5) is 14.7 Å². The van der Waals surface area contributed by atoms with E-state index in [1.165, 1.54) is 5.56 Å². The summed E-state index contributed by atoms with van der Waals surface area (Å²) >= 11 is 0. The number of aromatic nitrogens is 2. The van der Waals surface area contributed by atoms with Crippen molar-refractivity contribution < 1.29 is 23.4 Å². The lowest BCUT2D eigenvalue weighted by atomic mass is 9.92. The zero-order valence-electron chi connectivity index (χ0n) is 21.9. The number of aliphatic hydroxyl groups excluding tert-OH is 1. The summed E-state index contributed by atoms with van der Waals surface area (Å²) in [5.74, 6) is -0.462. The Morgan fingerprint density at radius 2 is 1.81 bits per heavy atom. The molecular formula is C28H40F2N4O3. The third kappa shape index (κ3) is 9.54. The van der Waals surface area contributed by atoms with Gasteiger partial charge in [0.05, 0.1) is 13.0 Å². The maximum atomic E-state index is 14.5. The first-order valence-electron chi connectivity index (χ1n) is 13.5. The summed E-state index contributed by atoms with van der Waals surface area (Å²) in [6.45, 7) is 4.91.